The van der Waals surface area contributed by atoms with Gasteiger partial charge in [-0.15, -0.1) is 0 Å². The first-order valence-corrected chi connectivity index (χ1v) is 25.8. The number of allylic oxidation sites excluding steroid dienone is 11. The average molecular weight is 861 g/mol. The summed E-state index contributed by atoms with van der Waals surface area (Å²) in [6.07, 6.45) is 56.6. The van der Waals surface area contributed by atoms with Crippen molar-refractivity contribution in [2.45, 2.75) is 206 Å². The quantitative estimate of drug-likeness (QED) is 0.0274. The number of likely N-dealkylation sites (N-methyl/N-ethyl adjacent to an activating group) is 1. The predicted octanol–water partition coefficient (Wildman–Crippen LogP) is 13.3. The Bertz CT molecular complexity index is 1200. The number of amides is 1. The Labute approximate surface area is 370 Å². The van der Waals surface area contributed by atoms with E-state index in [4.69, 9.17) is 9.05 Å². The van der Waals surface area contributed by atoms with Gasteiger partial charge in [-0.05, 0) is 64.2 Å². The van der Waals surface area contributed by atoms with Gasteiger partial charge in [0.2, 0.25) is 5.91 Å². The molecule has 0 spiro atoms. The maximum absolute atomic E-state index is 12.9. The summed E-state index contributed by atoms with van der Waals surface area (Å²) in [5, 5.41) is 13.8. The fourth-order valence-electron chi connectivity index (χ4n) is 6.59. The number of unbranched alkanes of at least 4 members (excludes halogenated alkanes) is 20. The minimum Gasteiger partial charge on any atom is -0.756 e. The van der Waals surface area contributed by atoms with Gasteiger partial charge in [-0.1, -0.05) is 196 Å². The van der Waals surface area contributed by atoms with Crippen LogP contribution in [0.5, 0.6) is 0 Å². The Morgan fingerprint density at radius 3 is 1.48 bits per heavy atom. The lowest BCUT2D eigenvalue weighted by Gasteiger charge is -2.29. The van der Waals surface area contributed by atoms with E-state index in [2.05, 4.69) is 79.9 Å². The Hall–Kier alpha value is -2.06. The Morgan fingerprint density at radius 2 is 1.02 bits per heavy atom. The van der Waals surface area contributed by atoms with E-state index in [9.17, 15) is 19.4 Å². The normalized spacial score (nSPS) is 14.8. The van der Waals surface area contributed by atoms with Crippen LogP contribution in [0.25, 0.3) is 0 Å². The third kappa shape index (κ3) is 44.0. The van der Waals surface area contributed by atoms with Gasteiger partial charge in [0.15, 0.2) is 0 Å². The minimum absolute atomic E-state index is 0.0112. The average Bonchev–Trinajstić information content (AvgIpc) is 3.20. The molecule has 0 aromatic rings. The maximum Gasteiger partial charge on any atom is 0.268 e. The van der Waals surface area contributed by atoms with Crippen molar-refractivity contribution in [2.24, 2.45) is 0 Å². The summed E-state index contributed by atoms with van der Waals surface area (Å²) in [6.45, 7) is 4.50. The molecule has 0 aromatic carbocycles. The number of hydrogen-bond donors (Lipinski definition) is 2. The van der Waals surface area contributed by atoms with E-state index in [0.29, 0.717) is 23.9 Å². The van der Waals surface area contributed by atoms with Crippen molar-refractivity contribution in [1.82, 2.24) is 5.32 Å². The summed E-state index contributed by atoms with van der Waals surface area (Å²) < 4.78 is 23.2. The van der Waals surface area contributed by atoms with E-state index >= 15 is 0 Å². The molecule has 0 aliphatic carbocycles. The molecular formula is C51H93N2O6P. The molecule has 0 rings (SSSR count). The van der Waals surface area contributed by atoms with Gasteiger partial charge in [-0.3, -0.25) is 9.36 Å². The minimum atomic E-state index is -4.60. The van der Waals surface area contributed by atoms with Gasteiger partial charge < -0.3 is 28.8 Å². The molecule has 3 unspecified atom stereocenters. The van der Waals surface area contributed by atoms with Crippen LogP contribution in [0, 0.1) is 0 Å². The van der Waals surface area contributed by atoms with Gasteiger partial charge in [0, 0.05) is 6.42 Å². The summed E-state index contributed by atoms with van der Waals surface area (Å²) in [7, 11) is 1.23. The van der Waals surface area contributed by atoms with Crippen molar-refractivity contribution in [3.63, 3.8) is 0 Å². The zero-order valence-electron chi connectivity index (χ0n) is 39.4. The summed E-state index contributed by atoms with van der Waals surface area (Å²) in [4.78, 5) is 25.4. The smallest absolute Gasteiger partial charge is 0.268 e. The van der Waals surface area contributed by atoms with Crippen LogP contribution in [0.2, 0.25) is 0 Å². The van der Waals surface area contributed by atoms with E-state index in [-0.39, 0.29) is 12.5 Å². The molecule has 1 amide bonds. The summed E-state index contributed by atoms with van der Waals surface area (Å²) in [6, 6.07) is -0.908. The molecule has 3 atom stereocenters. The number of nitrogens with zero attached hydrogens (tertiary/aromatic N) is 1. The third-order valence-electron chi connectivity index (χ3n) is 10.4. The maximum atomic E-state index is 12.9. The van der Waals surface area contributed by atoms with Crippen molar-refractivity contribution in [3.8, 4) is 0 Å². The largest absolute Gasteiger partial charge is 0.756 e. The molecule has 0 aliphatic heterocycles. The SMILES string of the molecule is CC/C=C\C/C=C\C/C=C\C/C=C\C/C=C\CCCCCC(=O)NC(COP(=O)([O-])OCC[N+](C)(C)C)C(O)/C=C/CCCCCCCCCCCCCCCCCCC. The van der Waals surface area contributed by atoms with Gasteiger partial charge in [0.25, 0.3) is 7.82 Å². The van der Waals surface area contributed by atoms with Crippen LogP contribution < -0.4 is 10.2 Å². The summed E-state index contributed by atoms with van der Waals surface area (Å²) >= 11 is 0. The number of nitrogens with one attached hydrogen (secondary N) is 1. The molecule has 0 heterocycles. The molecule has 0 bridgehead atoms. The molecule has 9 heteroatoms. The first-order chi connectivity index (χ1) is 29.0. The van der Waals surface area contributed by atoms with Crippen LogP contribution in [0.15, 0.2) is 72.9 Å². The molecule has 8 nitrogen and oxygen atoms in total. The van der Waals surface area contributed by atoms with Crippen LogP contribution >= 0.6 is 7.82 Å². The zero-order chi connectivity index (χ0) is 44.3. The lowest BCUT2D eigenvalue weighted by Crippen LogP contribution is -2.45. The molecule has 60 heavy (non-hydrogen) atoms. The van der Waals surface area contributed by atoms with Crippen molar-refractivity contribution >= 4 is 13.7 Å². The van der Waals surface area contributed by atoms with Crippen molar-refractivity contribution in [1.29, 1.82) is 0 Å². The lowest BCUT2D eigenvalue weighted by molar-refractivity contribution is -0.870. The highest BCUT2D eigenvalue weighted by Gasteiger charge is 2.23. The molecular weight excluding hydrogens is 768 g/mol. The number of phosphoric acid groups is 1. The van der Waals surface area contributed by atoms with Crippen molar-refractivity contribution in [3.05, 3.63) is 72.9 Å². The van der Waals surface area contributed by atoms with Crippen molar-refractivity contribution < 1.29 is 32.9 Å². The van der Waals surface area contributed by atoms with E-state index in [1.54, 1.807) is 6.08 Å². The van der Waals surface area contributed by atoms with E-state index in [1.165, 1.54) is 96.3 Å². The second kappa shape index (κ2) is 42.3. The van der Waals surface area contributed by atoms with Crippen LogP contribution in [0.3, 0.4) is 0 Å². The molecule has 0 saturated carbocycles. The molecule has 2 N–H and O–H groups in total. The lowest BCUT2D eigenvalue weighted by atomic mass is 10.0. The molecule has 348 valence electrons. The number of quaternary nitrogens is 1. The third-order valence-corrected chi connectivity index (χ3v) is 11.4. The highest BCUT2D eigenvalue weighted by atomic mass is 31.2. The van der Waals surface area contributed by atoms with Crippen LogP contribution in [0.1, 0.15) is 194 Å². The summed E-state index contributed by atoms with van der Waals surface area (Å²) in [5.41, 5.74) is 0. The van der Waals surface area contributed by atoms with Gasteiger partial charge in [-0.25, -0.2) is 0 Å². The second-order valence-electron chi connectivity index (χ2n) is 17.4. The van der Waals surface area contributed by atoms with E-state index in [1.807, 2.05) is 27.2 Å². The Morgan fingerprint density at radius 1 is 0.600 bits per heavy atom. The monoisotopic (exact) mass is 861 g/mol. The standard InChI is InChI=1S/C51H93N2O6P/c1-6-8-10-12-14-16-18-20-22-24-26-28-30-32-34-36-38-40-42-44-50(54)49(48-59-60(56,57)58-47-46-53(3,4)5)52-51(55)45-43-41-39-37-35-33-31-29-27-25-23-21-19-17-15-13-11-9-7-2/h9,11,15,17,21,23,27,29,33,35,42,44,49-50,54H,6-8,10,12-14,16,18-20,22,24-26,28,30-32,34,36-41,43,45-48H2,1-5H3,(H-,52,55,56,57)/b11-9-,17-15-,23-21-,29-27-,35-33-,44-42+. The summed E-state index contributed by atoms with van der Waals surface area (Å²) in [5.74, 6) is -0.231. The first kappa shape index (κ1) is 57.9. The molecule has 0 radical (unpaired) electrons. The van der Waals surface area contributed by atoms with Gasteiger partial charge in [0.1, 0.15) is 13.2 Å². The Balaban J connectivity index is 4.45. The highest BCUT2D eigenvalue weighted by molar-refractivity contribution is 7.45. The number of aliphatic hydroxyl groups excluding tert-OH is 1. The number of hydrogen-bond acceptors (Lipinski definition) is 6. The number of carbonyl (C=O) groups is 1. The van der Waals surface area contributed by atoms with Crippen LogP contribution in [-0.2, 0) is 18.4 Å². The number of phosphoric ester groups is 1. The molecule has 0 fully saturated rings. The number of aliphatic hydroxyl groups is 1. The van der Waals surface area contributed by atoms with Gasteiger partial charge >= 0.3 is 0 Å². The van der Waals surface area contributed by atoms with E-state index in [0.717, 1.165) is 70.6 Å². The molecule has 0 aromatic heterocycles. The first-order valence-electron chi connectivity index (χ1n) is 24.3. The van der Waals surface area contributed by atoms with Crippen molar-refractivity contribution in [2.75, 3.05) is 40.9 Å². The van der Waals surface area contributed by atoms with Gasteiger partial charge in [-0.2, -0.15) is 0 Å². The van der Waals surface area contributed by atoms with Crippen LogP contribution in [0.4, 0.5) is 0 Å². The molecule has 0 aliphatic rings. The van der Waals surface area contributed by atoms with E-state index < -0.39 is 26.6 Å². The fourth-order valence-corrected chi connectivity index (χ4v) is 7.31. The second-order valence-corrected chi connectivity index (χ2v) is 18.8. The number of carbonyl (C=O) groups excluding carboxylic acids is 1. The Kier molecular flexibility index (Phi) is 40.8. The van der Waals surface area contributed by atoms with Crippen LogP contribution in [-0.4, -0.2) is 68.5 Å². The van der Waals surface area contributed by atoms with Gasteiger partial charge in [0.05, 0.1) is 39.9 Å². The topological polar surface area (TPSA) is 108 Å². The predicted molar refractivity (Wildman–Crippen MR) is 256 cm³/mol. The molecule has 0 saturated heterocycles. The number of rotatable bonds is 43. The fraction of sp³-hybridized carbons (Fsp3) is 0.745. The highest BCUT2D eigenvalue weighted by Crippen LogP contribution is 2.38. The zero-order valence-corrected chi connectivity index (χ0v) is 40.3.